The number of benzene rings is 1. The molecule has 124 valence electrons. The van der Waals surface area contributed by atoms with Crippen molar-refractivity contribution in [3.05, 3.63) is 47.3 Å². The van der Waals surface area contributed by atoms with Gasteiger partial charge in [0.15, 0.2) is 5.16 Å². The van der Waals surface area contributed by atoms with Crippen LogP contribution in [-0.4, -0.2) is 31.2 Å². The zero-order valence-corrected chi connectivity index (χ0v) is 13.7. The average molecular weight is 349 g/mol. The highest BCUT2D eigenvalue weighted by atomic mass is 32.2. The average Bonchev–Trinajstić information content (AvgIpc) is 2.92. The van der Waals surface area contributed by atoms with Gasteiger partial charge in [-0.1, -0.05) is 11.8 Å². The lowest BCUT2D eigenvalue weighted by Crippen LogP contribution is -2.15. The second-order valence-corrected chi connectivity index (χ2v) is 6.06. The van der Waals surface area contributed by atoms with Gasteiger partial charge in [-0.05, 0) is 32.0 Å². The van der Waals surface area contributed by atoms with Crippen molar-refractivity contribution in [3.8, 4) is 0 Å². The van der Waals surface area contributed by atoms with Gasteiger partial charge in [0, 0.05) is 17.5 Å². The molecule has 0 saturated heterocycles. The van der Waals surface area contributed by atoms with Crippen LogP contribution in [0, 0.1) is 25.5 Å². The van der Waals surface area contributed by atoms with Crippen LogP contribution in [0.2, 0.25) is 0 Å². The minimum Gasteiger partial charge on any atom is -0.323 e. The smallest absolute Gasteiger partial charge is 0.256 e. The summed E-state index contributed by atoms with van der Waals surface area (Å²) in [5, 5.41) is 10.8. The number of amides is 1. The Labute approximate surface area is 140 Å². The van der Waals surface area contributed by atoms with E-state index in [1.54, 1.807) is 4.40 Å². The maximum Gasteiger partial charge on any atom is 0.256 e. The van der Waals surface area contributed by atoms with Gasteiger partial charge in [0.25, 0.3) is 5.78 Å². The minimum atomic E-state index is -0.696. The number of halogens is 2. The first kappa shape index (κ1) is 16.3. The Morgan fingerprint density at radius 3 is 2.83 bits per heavy atom. The summed E-state index contributed by atoms with van der Waals surface area (Å²) < 4.78 is 28.4. The molecule has 6 nitrogen and oxygen atoms in total. The fourth-order valence-corrected chi connectivity index (χ4v) is 2.99. The first-order valence-corrected chi connectivity index (χ1v) is 7.99. The third-order valence-electron chi connectivity index (χ3n) is 3.20. The number of thioether (sulfide) groups is 1. The van der Waals surface area contributed by atoms with Crippen LogP contribution >= 0.6 is 11.8 Å². The number of hydrogen-bond acceptors (Lipinski definition) is 5. The molecule has 0 saturated carbocycles. The van der Waals surface area contributed by atoms with E-state index < -0.39 is 17.5 Å². The summed E-state index contributed by atoms with van der Waals surface area (Å²) >= 11 is 1.14. The summed E-state index contributed by atoms with van der Waals surface area (Å²) in [6.07, 6.45) is 0. The number of aromatic nitrogens is 4. The monoisotopic (exact) mass is 349 g/mol. The summed E-state index contributed by atoms with van der Waals surface area (Å²) in [7, 11) is 0. The Kier molecular flexibility index (Phi) is 4.43. The van der Waals surface area contributed by atoms with Gasteiger partial charge in [-0.25, -0.2) is 13.8 Å². The fourth-order valence-electron chi connectivity index (χ4n) is 2.20. The van der Waals surface area contributed by atoms with Crippen LogP contribution in [-0.2, 0) is 4.79 Å². The molecular formula is C15H13F2N5OS. The standard InChI is InChI=1S/C15H13F2N5OS/c1-8-5-9(2)22-14(18-8)20-21-15(22)24-7-13(23)19-12-6-10(16)3-4-11(12)17/h3-6H,7H2,1-2H3,(H,19,23). The number of aryl methyl sites for hydroxylation is 2. The summed E-state index contributed by atoms with van der Waals surface area (Å²) in [6.45, 7) is 3.74. The number of carbonyl (C=O) groups is 1. The van der Waals surface area contributed by atoms with Crippen LogP contribution in [0.5, 0.6) is 0 Å². The van der Waals surface area contributed by atoms with E-state index in [0.717, 1.165) is 41.3 Å². The van der Waals surface area contributed by atoms with Crippen molar-refractivity contribution in [2.75, 3.05) is 11.1 Å². The largest absolute Gasteiger partial charge is 0.323 e. The van der Waals surface area contributed by atoms with Crippen LogP contribution in [0.15, 0.2) is 29.4 Å². The predicted molar refractivity (Wildman–Crippen MR) is 86.0 cm³/mol. The molecule has 0 spiro atoms. The van der Waals surface area contributed by atoms with Crippen molar-refractivity contribution in [2.45, 2.75) is 19.0 Å². The van der Waals surface area contributed by atoms with Crippen molar-refractivity contribution in [2.24, 2.45) is 0 Å². The lowest BCUT2D eigenvalue weighted by atomic mass is 10.3. The molecule has 0 fully saturated rings. The molecule has 1 amide bonds. The first-order valence-electron chi connectivity index (χ1n) is 7.01. The number of nitrogens with one attached hydrogen (secondary N) is 1. The van der Waals surface area contributed by atoms with Gasteiger partial charge in [-0.2, -0.15) is 0 Å². The normalized spacial score (nSPS) is 11.0. The Morgan fingerprint density at radius 2 is 2.04 bits per heavy atom. The van der Waals surface area contributed by atoms with Crippen molar-refractivity contribution >= 4 is 29.1 Å². The number of hydrogen-bond donors (Lipinski definition) is 1. The molecular weight excluding hydrogens is 336 g/mol. The SMILES string of the molecule is Cc1cc(C)n2c(SCC(=O)Nc3cc(F)ccc3F)nnc2n1. The fraction of sp³-hybridized carbons (Fsp3) is 0.200. The van der Waals surface area contributed by atoms with Crippen molar-refractivity contribution in [1.82, 2.24) is 19.6 Å². The van der Waals surface area contributed by atoms with E-state index in [9.17, 15) is 13.6 Å². The summed E-state index contributed by atoms with van der Waals surface area (Å²) in [6, 6.07) is 4.76. The van der Waals surface area contributed by atoms with Gasteiger partial charge in [-0.3, -0.25) is 9.20 Å². The molecule has 2 heterocycles. The van der Waals surface area contributed by atoms with Gasteiger partial charge in [0.2, 0.25) is 5.91 Å². The van der Waals surface area contributed by atoms with E-state index in [4.69, 9.17) is 0 Å². The molecule has 1 N–H and O–H groups in total. The zero-order valence-electron chi connectivity index (χ0n) is 12.9. The van der Waals surface area contributed by atoms with Gasteiger partial charge >= 0.3 is 0 Å². The quantitative estimate of drug-likeness (QED) is 0.733. The van der Waals surface area contributed by atoms with Crippen LogP contribution in [0.25, 0.3) is 5.78 Å². The minimum absolute atomic E-state index is 0.0237. The van der Waals surface area contributed by atoms with Gasteiger partial charge in [-0.15, -0.1) is 10.2 Å². The van der Waals surface area contributed by atoms with Gasteiger partial charge in [0.05, 0.1) is 11.4 Å². The molecule has 0 aliphatic heterocycles. The first-order chi connectivity index (χ1) is 11.4. The second kappa shape index (κ2) is 6.52. The van der Waals surface area contributed by atoms with Crippen LogP contribution in [0.3, 0.4) is 0 Å². The Bertz CT molecular complexity index is 928. The van der Waals surface area contributed by atoms with Crippen molar-refractivity contribution < 1.29 is 13.6 Å². The third-order valence-corrected chi connectivity index (χ3v) is 4.13. The molecule has 0 atom stereocenters. The van der Waals surface area contributed by atoms with Crippen molar-refractivity contribution in [1.29, 1.82) is 0 Å². The van der Waals surface area contributed by atoms with E-state index in [-0.39, 0.29) is 11.4 Å². The Hall–Kier alpha value is -2.55. The molecule has 0 unspecified atom stereocenters. The molecule has 2 aromatic heterocycles. The molecule has 0 radical (unpaired) electrons. The maximum atomic E-state index is 13.5. The zero-order chi connectivity index (χ0) is 17.3. The highest BCUT2D eigenvalue weighted by molar-refractivity contribution is 7.99. The van der Waals surface area contributed by atoms with Crippen LogP contribution in [0.4, 0.5) is 14.5 Å². The topological polar surface area (TPSA) is 72.2 Å². The lowest BCUT2D eigenvalue weighted by molar-refractivity contribution is -0.113. The number of rotatable bonds is 4. The number of anilines is 1. The molecule has 3 aromatic rings. The number of nitrogens with zero attached hydrogens (tertiary/aromatic N) is 4. The number of carbonyl (C=O) groups excluding carboxylic acids is 1. The molecule has 0 aliphatic carbocycles. The van der Waals surface area contributed by atoms with E-state index in [2.05, 4.69) is 20.5 Å². The molecule has 24 heavy (non-hydrogen) atoms. The Balaban J connectivity index is 1.72. The number of fused-ring (bicyclic) bond motifs is 1. The van der Waals surface area contributed by atoms with E-state index in [1.165, 1.54) is 0 Å². The third kappa shape index (κ3) is 3.35. The predicted octanol–water partition coefficient (Wildman–Crippen LogP) is 2.75. The van der Waals surface area contributed by atoms with Crippen molar-refractivity contribution in [3.63, 3.8) is 0 Å². The van der Waals surface area contributed by atoms with Crippen LogP contribution in [0.1, 0.15) is 11.4 Å². The lowest BCUT2D eigenvalue weighted by Gasteiger charge is -2.06. The summed E-state index contributed by atoms with van der Waals surface area (Å²) in [5.74, 6) is -1.37. The molecule has 1 aromatic carbocycles. The maximum absolute atomic E-state index is 13.5. The van der Waals surface area contributed by atoms with E-state index in [0.29, 0.717) is 10.9 Å². The molecule has 9 heteroatoms. The highest BCUT2D eigenvalue weighted by Gasteiger charge is 2.13. The molecule has 0 aliphatic rings. The van der Waals surface area contributed by atoms with E-state index in [1.807, 2.05) is 19.9 Å². The Morgan fingerprint density at radius 1 is 1.25 bits per heavy atom. The molecule has 0 bridgehead atoms. The van der Waals surface area contributed by atoms with Gasteiger partial charge in [0.1, 0.15) is 11.6 Å². The second-order valence-electron chi connectivity index (χ2n) is 5.12. The van der Waals surface area contributed by atoms with Gasteiger partial charge < -0.3 is 5.32 Å². The summed E-state index contributed by atoms with van der Waals surface area (Å²) in [4.78, 5) is 16.2. The van der Waals surface area contributed by atoms with Crippen LogP contribution < -0.4 is 5.32 Å². The molecule has 3 rings (SSSR count). The summed E-state index contributed by atoms with van der Waals surface area (Å²) in [5.41, 5.74) is 1.52. The highest BCUT2D eigenvalue weighted by Crippen LogP contribution is 2.20. The van der Waals surface area contributed by atoms with E-state index >= 15 is 0 Å².